The zero-order chi connectivity index (χ0) is 20.3. The van der Waals surface area contributed by atoms with Crippen molar-refractivity contribution in [2.24, 2.45) is 5.10 Å². The van der Waals surface area contributed by atoms with Crippen molar-refractivity contribution < 1.29 is 14.7 Å². The molecule has 7 nitrogen and oxygen atoms in total. The van der Waals surface area contributed by atoms with Crippen LogP contribution >= 0.6 is 11.6 Å². The van der Waals surface area contributed by atoms with Crippen LogP contribution in [0.1, 0.15) is 37.7 Å². The number of rotatable bonds is 5. The van der Waals surface area contributed by atoms with E-state index in [-0.39, 0.29) is 16.5 Å². The summed E-state index contributed by atoms with van der Waals surface area (Å²) in [7, 11) is 0. The first-order valence-corrected chi connectivity index (χ1v) is 8.72. The molecule has 0 radical (unpaired) electrons. The zero-order valence-electron chi connectivity index (χ0n) is 15.2. The third-order valence-electron chi connectivity index (χ3n) is 4.22. The van der Waals surface area contributed by atoms with Crippen molar-refractivity contribution in [2.45, 2.75) is 13.8 Å². The van der Waals surface area contributed by atoms with Crippen LogP contribution in [0.15, 0.2) is 53.9 Å². The van der Waals surface area contributed by atoms with Crippen LogP contribution in [-0.2, 0) is 0 Å². The molecule has 2 heterocycles. The minimum Gasteiger partial charge on any atom is -0.478 e. The Labute approximate surface area is 166 Å². The predicted octanol–water partition coefficient (Wildman–Crippen LogP) is 3.60. The first-order chi connectivity index (χ1) is 13.4. The molecule has 28 heavy (non-hydrogen) atoms. The van der Waals surface area contributed by atoms with E-state index < -0.39 is 5.97 Å². The fourth-order valence-corrected chi connectivity index (χ4v) is 3.06. The van der Waals surface area contributed by atoms with Crippen molar-refractivity contribution in [3.8, 4) is 5.69 Å². The number of nitrogens with zero attached hydrogens (tertiary/aromatic N) is 3. The smallest absolute Gasteiger partial charge is 0.337 e. The van der Waals surface area contributed by atoms with Gasteiger partial charge < -0.3 is 9.67 Å². The average molecular weight is 397 g/mol. The van der Waals surface area contributed by atoms with Gasteiger partial charge in [-0.05, 0) is 50.2 Å². The molecule has 0 unspecified atom stereocenters. The summed E-state index contributed by atoms with van der Waals surface area (Å²) >= 11 is 5.96. The van der Waals surface area contributed by atoms with Gasteiger partial charge in [0.05, 0.1) is 16.8 Å². The van der Waals surface area contributed by atoms with Crippen LogP contribution < -0.4 is 5.43 Å². The van der Waals surface area contributed by atoms with Gasteiger partial charge in [0, 0.05) is 40.6 Å². The molecule has 2 aromatic heterocycles. The van der Waals surface area contributed by atoms with Gasteiger partial charge in [-0.25, -0.2) is 10.2 Å². The summed E-state index contributed by atoms with van der Waals surface area (Å²) in [5.41, 5.74) is 6.17. The van der Waals surface area contributed by atoms with E-state index in [1.807, 2.05) is 24.5 Å². The number of aromatic nitrogens is 2. The van der Waals surface area contributed by atoms with Crippen molar-refractivity contribution in [1.82, 2.24) is 15.0 Å². The number of nitrogens with one attached hydrogen (secondary N) is 1. The quantitative estimate of drug-likeness (QED) is 0.508. The Hall–Kier alpha value is -3.45. The number of hydrogen-bond acceptors (Lipinski definition) is 4. The van der Waals surface area contributed by atoms with Crippen molar-refractivity contribution in [1.29, 1.82) is 0 Å². The van der Waals surface area contributed by atoms with Crippen LogP contribution in [0.2, 0.25) is 5.02 Å². The summed E-state index contributed by atoms with van der Waals surface area (Å²) in [6.07, 6.45) is 4.61. The van der Waals surface area contributed by atoms with Crippen LogP contribution in [0.4, 0.5) is 0 Å². The van der Waals surface area contributed by atoms with Crippen LogP contribution in [0.25, 0.3) is 5.69 Å². The second-order valence-corrected chi connectivity index (χ2v) is 6.47. The number of aryl methyl sites for hydroxylation is 1. The highest BCUT2D eigenvalue weighted by Gasteiger charge is 2.14. The van der Waals surface area contributed by atoms with E-state index in [9.17, 15) is 14.7 Å². The molecule has 0 aliphatic heterocycles. The summed E-state index contributed by atoms with van der Waals surface area (Å²) < 4.78 is 1.90. The van der Waals surface area contributed by atoms with Crippen molar-refractivity contribution in [3.63, 3.8) is 0 Å². The molecule has 3 aromatic rings. The van der Waals surface area contributed by atoms with Gasteiger partial charge in [0.1, 0.15) is 0 Å². The number of hydrogen-bond donors (Lipinski definition) is 2. The van der Waals surface area contributed by atoms with Crippen molar-refractivity contribution in [3.05, 3.63) is 81.9 Å². The summed E-state index contributed by atoms with van der Waals surface area (Å²) in [5.74, 6) is -1.42. The van der Waals surface area contributed by atoms with E-state index in [1.54, 1.807) is 30.5 Å². The number of halogens is 1. The molecule has 1 amide bonds. The molecule has 142 valence electrons. The minimum atomic E-state index is -1.09. The molecular formula is C20H17ClN4O3. The molecule has 3 rings (SSSR count). The highest BCUT2D eigenvalue weighted by atomic mass is 35.5. The summed E-state index contributed by atoms with van der Waals surface area (Å²) in [6.45, 7) is 3.78. The third-order valence-corrected chi connectivity index (χ3v) is 4.55. The van der Waals surface area contributed by atoms with Crippen molar-refractivity contribution in [2.75, 3.05) is 0 Å². The number of carbonyl (C=O) groups is 2. The number of carbonyl (C=O) groups excluding carboxylic acids is 1. The Kier molecular flexibility index (Phi) is 5.56. The highest BCUT2D eigenvalue weighted by molar-refractivity contribution is 6.33. The second kappa shape index (κ2) is 8.06. The predicted molar refractivity (Wildman–Crippen MR) is 107 cm³/mol. The molecule has 8 heteroatoms. The standard InChI is InChI=1S/C20H17ClN4O3/c1-12-9-15(11-23-24-19(26)14-5-7-22-8-6-14)13(2)25(12)16-3-4-18(21)17(10-16)20(27)28/h3-11H,1-2H3,(H,24,26)(H,27,28)/b23-11-. The van der Waals surface area contributed by atoms with Gasteiger partial charge in [0.2, 0.25) is 0 Å². The van der Waals surface area contributed by atoms with E-state index in [0.29, 0.717) is 11.3 Å². The molecule has 0 aliphatic carbocycles. The molecule has 0 saturated heterocycles. The lowest BCUT2D eigenvalue weighted by molar-refractivity contribution is 0.0696. The monoisotopic (exact) mass is 396 g/mol. The lowest BCUT2D eigenvalue weighted by Crippen LogP contribution is -2.17. The van der Waals surface area contributed by atoms with Gasteiger partial charge in [0.25, 0.3) is 5.91 Å². The van der Waals surface area contributed by atoms with Crippen LogP contribution in [0.5, 0.6) is 0 Å². The number of benzene rings is 1. The Morgan fingerprint density at radius 2 is 1.89 bits per heavy atom. The molecular weight excluding hydrogens is 380 g/mol. The van der Waals surface area contributed by atoms with E-state index >= 15 is 0 Å². The van der Waals surface area contributed by atoms with Gasteiger partial charge in [-0.15, -0.1) is 0 Å². The SMILES string of the molecule is Cc1cc(/C=N\NC(=O)c2ccncc2)c(C)n1-c1ccc(Cl)c(C(=O)O)c1. The molecule has 0 saturated carbocycles. The highest BCUT2D eigenvalue weighted by Crippen LogP contribution is 2.24. The number of aromatic carboxylic acids is 1. The van der Waals surface area contributed by atoms with Gasteiger partial charge in [-0.2, -0.15) is 5.10 Å². The lowest BCUT2D eigenvalue weighted by Gasteiger charge is -2.11. The molecule has 0 bridgehead atoms. The van der Waals surface area contributed by atoms with Crippen LogP contribution in [-0.4, -0.2) is 32.7 Å². The second-order valence-electron chi connectivity index (χ2n) is 6.07. The topological polar surface area (TPSA) is 96.6 Å². The normalized spacial score (nSPS) is 11.0. The van der Waals surface area contributed by atoms with Gasteiger partial charge in [-0.3, -0.25) is 9.78 Å². The summed E-state index contributed by atoms with van der Waals surface area (Å²) in [5, 5.41) is 13.5. The van der Waals surface area contributed by atoms with Crippen LogP contribution in [0.3, 0.4) is 0 Å². The zero-order valence-corrected chi connectivity index (χ0v) is 15.9. The number of carboxylic acids is 1. The molecule has 0 spiro atoms. The number of amides is 1. The first kappa shape index (κ1) is 19.3. The Balaban J connectivity index is 1.85. The lowest BCUT2D eigenvalue weighted by atomic mass is 10.2. The number of carboxylic acid groups (broad SMARTS) is 1. The van der Waals surface area contributed by atoms with E-state index in [4.69, 9.17) is 11.6 Å². The van der Waals surface area contributed by atoms with Gasteiger partial charge in [0.15, 0.2) is 0 Å². The largest absolute Gasteiger partial charge is 0.478 e. The summed E-state index contributed by atoms with van der Waals surface area (Å²) in [6, 6.07) is 9.92. The molecule has 0 aliphatic rings. The van der Waals surface area contributed by atoms with E-state index in [2.05, 4.69) is 15.5 Å². The Bertz CT molecular complexity index is 1070. The van der Waals surface area contributed by atoms with E-state index in [1.165, 1.54) is 18.5 Å². The fourth-order valence-electron chi connectivity index (χ4n) is 2.86. The number of pyridine rings is 1. The first-order valence-electron chi connectivity index (χ1n) is 8.34. The molecule has 2 N–H and O–H groups in total. The molecule has 0 atom stereocenters. The maximum Gasteiger partial charge on any atom is 0.337 e. The van der Waals surface area contributed by atoms with Gasteiger partial charge in [-0.1, -0.05) is 11.6 Å². The Morgan fingerprint density at radius 3 is 2.57 bits per heavy atom. The molecule has 0 fully saturated rings. The third kappa shape index (κ3) is 3.94. The van der Waals surface area contributed by atoms with E-state index in [0.717, 1.165) is 17.0 Å². The summed E-state index contributed by atoms with van der Waals surface area (Å²) in [4.78, 5) is 27.2. The van der Waals surface area contributed by atoms with Gasteiger partial charge >= 0.3 is 5.97 Å². The van der Waals surface area contributed by atoms with Crippen molar-refractivity contribution >= 4 is 29.7 Å². The fraction of sp³-hybridized carbons (Fsp3) is 0.100. The average Bonchev–Trinajstić information content (AvgIpc) is 2.96. The minimum absolute atomic E-state index is 0.0338. The Morgan fingerprint density at radius 1 is 1.18 bits per heavy atom. The molecule has 1 aromatic carbocycles. The maximum atomic E-state index is 12.0. The number of hydrazone groups is 1. The van der Waals surface area contributed by atoms with Crippen LogP contribution in [0, 0.1) is 13.8 Å². The maximum absolute atomic E-state index is 12.0.